The molecule has 0 unspecified atom stereocenters. The highest BCUT2D eigenvalue weighted by Gasteiger charge is 2.33. The third-order valence-corrected chi connectivity index (χ3v) is 5.38. The summed E-state index contributed by atoms with van der Waals surface area (Å²) in [7, 11) is 3.02. The molecule has 174 valence electrons. The molecule has 1 amide bonds. The van der Waals surface area contributed by atoms with Crippen molar-refractivity contribution < 1.29 is 27.8 Å². The third-order valence-electron chi connectivity index (χ3n) is 5.10. The lowest BCUT2D eigenvalue weighted by Crippen LogP contribution is -2.30. The van der Waals surface area contributed by atoms with Crippen molar-refractivity contribution in [1.29, 1.82) is 0 Å². The summed E-state index contributed by atoms with van der Waals surface area (Å²) in [5.74, 6) is -0.887. The Morgan fingerprint density at radius 3 is 2.44 bits per heavy atom. The Kier molecular flexibility index (Phi) is 6.74. The summed E-state index contributed by atoms with van der Waals surface area (Å²) in [5.41, 5.74) is 2.08. The van der Waals surface area contributed by atoms with Crippen LogP contribution in [0.2, 0.25) is 0 Å². The molecular formula is C25H20F2N2O4S. The fraction of sp³-hybridized carbons (Fsp3) is 0.120. The summed E-state index contributed by atoms with van der Waals surface area (Å²) in [4.78, 5) is 14.5. The zero-order valence-corrected chi connectivity index (χ0v) is 19.1. The van der Waals surface area contributed by atoms with Crippen LogP contribution in [-0.2, 0) is 11.4 Å². The van der Waals surface area contributed by atoms with Crippen molar-refractivity contribution >= 4 is 35.0 Å². The quantitative estimate of drug-likeness (QED) is 0.385. The summed E-state index contributed by atoms with van der Waals surface area (Å²) in [6.45, 7) is -0.0319. The standard InChI is InChI=1S/C25H20F2N2O4S/c1-31-21-9-7-15(11-16(21)14-33-22-10-8-17(26)13-18(22)27)12-19-24(30)29(25(34)28-19)20-5-3-4-6-23(20)32-2/h3-13H,14H2,1-2H3,(H,28,34)/b19-12+. The Balaban J connectivity index is 1.59. The van der Waals surface area contributed by atoms with Crippen molar-refractivity contribution in [2.24, 2.45) is 0 Å². The van der Waals surface area contributed by atoms with E-state index in [0.29, 0.717) is 28.3 Å². The van der Waals surface area contributed by atoms with E-state index >= 15 is 0 Å². The monoisotopic (exact) mass is 482 g/mol. The Bertz CT molecular complexity index is 1300. The smallest absolute Gasteiger partial charge is 0.281 e. The summed E-state index contributed by atoms with van der Waals surface area (Å²) >= 11 is 5.38. The Hall–Kier alpha value is -3.98. The van der Waals surface area contributed by atoms with Gasteiger partial charge in [-0.25, -0.2) is 13.7 Å². The number of carbonyl (C=O) groups excluding carboxylic acids is 1. The number of anilines is 1. The number of para-hydroxylation sites is 2. The lowest BCUT2D eigenvalue weighted by Gasteiger charge is -2.17. The molecular weight excluding hydrogens is 462 g/mol. The molecule has 3 aromatic rings. The third kappa shape index (κ3) is 4.69. The topological polar surface area (TPSA) is 60.0 Å². The number of ether oxygens (including phenoxy) is 3. The molecule has 0 saturated carbocycles. The molecule has 4 rings (SSSR count). The van der Waals surface area contributed by atoms with Gasteiger partial charge in [0.2, 0.25) is 0 Å². The van der Waals surface area contributed by atoms with Gasteiger partial charge in [-0.15, -0.1) is 0 Å². The van der Waals surface area contributed by atoms with Crippen LogP contribution in [0.5, 0.6) is 17.2 Å². The molecule has 1 aliphatic rings. The van der Waals surface area contributed by atoms with E-state index in [1.54, 1.807) is 48.5 Å². The molecule has 3 aromatic carbocycles. The van der Waals surface area contributed by atoms with Gasteiger partial charge in [0.1, 0.15) is 29.6 Å². The molecule has 1 aliphatic heterocycles. The van der Waals surface area contributed by atoms with E-state index < -0.39 is 11.6 Å². The van der Waals surface area contributed by atoms with Gasteiger partial charge < -0.3 is 19.5 Å². The van der Waals surface area contributed by atoms with Crippen LogP contribution in [-0.4, -0.2) is 25.2 Å². The molecule has 9 heteroatoms. The van der Waals surface area contributed by atoms with E-state index in [1.165, 1.54) is 25.2 Å². The summed E-state index contributed by atoms with van der Waals surface area (Å²) in [6.07, 6.45) is 1.64. The summed E-state index contributed by atoms with van der Waals surface area (Å²) < 4.78 is 43.3. The zero-order valence-electron chi connectivity index (χ0n) is 18.3. The van der Waals surface area contributed by atoms with Crippen LogP contribution in [0.4, 0.5) is 14.5 Å². The predicted molar refractivity (Wildman–Crippen MR) is 128 cm³/mol. The van der Waals surface area contributed by atoms with E-state index in [1.807, 2.05) is 0 Å². The van der Waals surface area contributed by atoms with Gasteiger partial charge in [-0.2, -0.15) is 0 Å². The number of thiocarbonyl (C=S) groups is 1. The summed E-state index contributed by atoms with van der Waals surface area (Å²) in [5, 5.41) is 3.16. The van der Waals surface area contributed by atoms with Gasteiger partial charge in [-0.1, -0.05) is 18.2 Å². The number of methoxy groups -OCH3 is 2. The van der Waals surface area contributed by atoms with Gasteiger partial charge in [-0.3, -0.25) is 4.79 Å². The minimum Gasteiger partial charge on any atom is -0.496 e. The molecule has 0 aromatic heterocycles. The molecule has 0 aliphatic carbocycles. The number of carbonyl (C=O) groups is 1. The van der Waals surface area contributed by atoms with Crippen LogP contribution in [0.15, 0.2) is 66.4 Å². The minimum atomic E-state index is -0.803. The number of hydrogen-bond acceptors (Lipinski definition) is 5. The fourth-order valence-electron chi connectivity index (χ4n) is 3.48. The number of halogens is 2. The van der Waals surface area contributed by atoms with Crippen LogP contribution < -0.4 is 24.4 Å². The first-order chi connectivity index (χ1) is 16.4. The van der Waals surface area contributed by atoms with Crippen molar-refractivity contribution in [2.45, 2.75) is 6.61 Å². The van der Waals surface area contributed by atoms with Gasteiger partial charge in [-0.05, 0) is 60.3 Å². The van der Waals surface area contributed by atoms with Gasteiger partial charge in [0.05, 0.1) is 19.9 Å². The fourth-order valence-corrected chi connectivity index (χ4v) is 3.78. The van der Waals surface area contributed by atoms with E-state index in [-0.39, 0.29) is 29.1 Å². The minimum absolute atomic E-state index is 0.0319. The molecule has 0 bridgehead atoms. The average Bonchev–Trinajstić information content (AvgIpc) is 3.11. The van der Waals surface area contributed by atoms with Crippen molar-refractivity contribution in [3.63, 3.8) is 0 Å². The number of nitrogens with one attached hydrogen (secondary N) is 1. The van der Waals surface area contributed by atoms with E-state index in [9.17, 15) is 13.6 Å². The molecule has 1 saturated heterocycles. The molecule has 34 heavy (non-hydrogen) atoms. The highest BCUT2D eigenvalue weighted by molar-refractivity contribution is 7.80. The molecule has 0 spiro atoms. The average molecular weight is 483 g/mol. The second kappa shape index (κ2) is 9.88. The van der Waals surface area contributed by atoms with Crippen LogP contribution in [0.3, 0.4) is 0 Å². The highest BCUT2D eigenvalue weighted by atomic mass is 32.1. The van der Waals surface area contributed by atoms with Gasteiger partial charge in [0.25, 0.3) is 5.91 Å². The lowest BCUT2D eigenvalue weighted by atomic mass is 10.1. The van der Waals surface area contributed by atoms with Crippen molar-refractivity contribution in [3.8, 4) is 17.2 Å². The predicted octanol–water partition coefficient (Wildman–Crippen LogP) is 4.82. The number of nitrogens with zero attached hydrogens (tertiary/aromatic N) is 1. The van der Waals surface area contributed by atoms with Gasteiger partial charge >= 0.3 is 0 Å². The zero-order chi connectivity index (χ0) is 24.2. The van der Waals surface area contributed by atoms with Crippen LogP contribution in [0, 0.1) is 11.6 Å². The van der Waals surface area contributed by atoms with Crippen molar-refractivity contribution in [2.75, 3.05) is 19.1 Å². The van der Waals surface area contributed by atoms with E-state index in [0.717, 1.165) is 12.1 Å². The maximum atomic E-state index is 13.9. The van der Waals surface area contributed by atoms with E-state index in [4.69, 9.17) is 26.4 Å². The number of benzene rings is 3. The maximum absolute atomic E-state index is 13.9. The van der Waals surface area contributed by atoms with Crippen molar-refractivity contribution in [1.82, 2.24) is 5.32 Å². The largest absolute Gasteiger partial charge is 0.496 e. The normalized spacial score (nSPS) is 14.4. The SMILES string of the molecule is COc1ccc(/C=C2/NC(=S)N(c3ccccc3OC)C2=O)cc1COc1ccc(F)cc1F. The van der Waals surface area contributed by atoms with Gasteiger partial charge in [0.15, 0.2) is 16.7 Å². The molecule has 0 atom stereocenters. The molecule has 1 fully saturated rings. The van der Waals surface area contributed by atoms with Crippen LogP contribution in [0.25, 0.3) is 6.08 Å². The summed E-state index contributed by atoms with van der Waals surface area (Å²) in [6, 6.07) is 15.4. The van der Waals surface area contributed by atoms with Crippen LogP contribution in [0.1, 0.15) is 11.1 Å². The van der Waals surface area contributed by atoms with Crippen LogP contribution >= 0.6 is 12.2 Å². The lowest BCUT2D eigenvalue weighted by molar-refractivity contribution is -0.113. The number of amides is 1. The number of rotatable bonds is 7. The first-order valence-electron chi connectivity index (χ1n) is 10.2. The molecule has 0 radical (unpaired) electrons. The Morgan fingerprint density at radius 2 is 1.71 bits per heavy atom. The first kappa shape index (κ1) is 23.2. The van der Waals surface area contributed by atoms with Gasteiger partial charge in [0, 0.05) is 11.6 Å². The Morgan fingerprint density at radius 1 is 0.971 bits per heavy atom. The number of hydrogen-bond donors (Lipinski definition) is 1. The Labute approximate surface area is 200 Å². The highest BCUT2D eigenvalue weighted by Crippen LogP contribution is 2.32. The molecule has 1 N–H and O–H groups in total. The second-order valence-electron chi connectivity index (χ2n) is 7.24. The van der Waals surface area contributed by atoms with Crippen molar-refractivity contribution in [3.05, 3.63) is 89.1 Å². The molecule has 1 heterocycles. The molecule has 6 nitrogen and oxygen atoms in total. The van der Waals surface area contributed by atoms with E-state index in [2.05, 4.69) is 5.32 Å². The maximum Gasteiger partial charge on any atom is 0.281 e. The first-order valence-corrected chi connectivity index (χ1v) is 10.6. The second-order valence-corrected chi connectivity index (χ2v) is 7.62.